The predicted molar refractivity (Wildman–Crippen MR) is 60.5 cm³/mol. The second-order valence-corrected chi connectivity index (χ2v) is 4.61. The number of carbonyl (C=O) groups excluding carboxylic acids is 1. The maximum absolute atomic E-state index is 12.1. The summed E-state index contributed by atoms with van der Waals surface area (Å²) in [5, 5.41) is 11.5. The molecule has 1 fully saturated rings. The van der Waals surface area contributed by atoms with E-state index in [1.165, 1.54) is 7.05 Å². The van der Waals surface area contributed by atoms with E-state index in [4.69, 9.17) is 5.11 Å². The van der Waals surface area contributed by atoms with Gasteiger partial charge in [0.25, 0.3) is 6.43 Å². The van der Waals surface area contributed by atoms with Gasteiger partial charge >= 0.3 is 12.0 Å². The molecule has 0 atom stereocenters. The van der Waals surface area contributed by atoms with Gasteiger partial charge in [-0.1, -0.05) is 0 Å². The van der Waals surface area contributed by atoms with Crippen LogP contribution in [0.2, 0.25) is 0 Å². The van der Waals surface area contributed by atoms with Crippen LogP contribution in [0.25, 0.3) is 0 Å². The lowest BCUT2D eigenvalue weighted by atomic mass is 9.86. The molecule has 7 heteroatoms. The van der Waals surface area contributed by atoms with E-state index in [9.17, 15) is 18.4 Å². The Kier molecular flexibility index (Phi) is 5.30. The third-order valence-corrected chi connectivity index (χ3v) is 3.16. The summed E-state index contributed by atoms with van der Waals surface area (Å²) < 4.78 is 24.2. The maximum atomic E-state index is 12.1. The minimum atomic E-state index is -2.55. The summed E-state index contributed by atoms with van der Waals surface area (Å²) in [6, 6.07) is -0.651. The normalized spacial score (nSPS) is 23.8. The van der Waals surface area contributed by atoms with Crippen molar-refractivity contribution in [2.24, 2.45) is 5.92 Å². The van der Waals surface area contributed by atoms with E-state index in [0.717, 1.165) is 4.90 Å². The Morgan fingerprint density at radius 3 is 2.33 bits per heavy atom. The van der Waals surface area contributed by atoms with Crippen LogP contribution in [0.5, 0.6) is 0 Å². The van der Waals surface area contributed by atoms with Crippen LogP contribution in [-0.2, 0) is 4.79 Å². The van der Waals surface area contributed by atoms with Crippen molar-refractivity contribution in [1.82, 2.24) is 10.2 Å². The van der Waals surface area contributed by atoms with E-state index < -0.39 is 25.0 Å². The smallest absolute Gasteiger partial charge is 0.317 e. The van der Waals surface area contributed by atoms with Gasteiger partial charge in [0.2, 0.25) is 0 Å². The zero-order valence-corrected chi connectivity index (χ0v) is 10.2. The highest BCUT2D eigenvalue weighted by atomic mass is 19.3. The van der Waals surface area contributed by atoms with Crippen molar-refractivity contribution in [1.29, 1.82) is 0 Å². The number of carboxylic acid groups (broad SMARTS) is 1. The van der Waals surface area contributed by atoms with Gasteiger partial charge in [0.1, 0.15) is 0 Å². The molecule has 0 aromatic heterocycles. The standard InChI is InChI=1S/C11H18F2N2O3/c1-15(6-9(12)13)11(18)14-8-4-2-7(3-5-8)10(16)17/h7-9H,2-6H2,1H3,(H,14,18)(H,16,17). The molecule has 104 valence electrons. The van der Waals surface area contributed by atoms with Gasteiger partial charge in [0.15, 0.2) is 0 Å². The average molecular weight is 264 g/mol. The number of nitrogens with one attached hydrogen (secondary N) is 1. The number of urea groups is 1. The molecule has 0 heterocycles. The minimum Gasteiger partial charge on any atom is -0.481 e. The van der Waals surface area contributed by atoms with Crippen LogP contribution in [0.15, 0.2) is 0 Å². The predicted octanol–water partition coefficient (Wildman–Crippen LogP) is 1.54. The Morgan fingerprint density at radius 1 is 1.33 bits per heavy atom. The summed E-state index contributed by atoms with van der Waals surface area (Å²) in [6.45, 7) is -0.601. The summed E-state index contributed by atoms with van der Waals surface area (Å²) in [5.41, 5.74) is 0. The van der Waals surface area contributed by atoms with Crippen molar-refractivity contribution in [3.63, 3.8) is 0 Å². The van der Waals surface area contributed by atoms with Crippen molar-refractivity contribution in [2.45, 2.75) is 38.2 Å². The van der Waals surface area contributed by atoms with E-state index in [2.05, 4.69) is 5.32 Å². The van der Waals surface area contributed by atoms with Crippen molar-refractivity contribution in [2.75, 3.05) is 13.6 Å². The molecule has 0 bridgehead atoms. The molecular weight excluding hydrogens is 246 g/mol. The minimum absolute atomic E-state index is 0.117. The van der Waals surface area contributed by atoms with Crippen molar-refractivity contribution >= 4 is 12.0 Å². The zero-order valence-electron chi connectivity index (χ0n) is 10.2. The number of carbonyl (C=O) groups is 2. The summed E-state index contributed by atoms with van der Waals surface area (Å²) >= 11 is 0. The van der Waals surface area contributed by atoms with Crippen LogP contribution in [0.1, 0.15) is 25.7 Å². The zero-order chi connectivity index (χ0) is 13.7. The molecule has 0 aromatic rings. The quantitative estimate of drug-likeness (QED) is 0.809. The number of aliphatic carboxylic acids is 1. The van der Waals surface area contributed by atoms with E-state index in [1.54, 1.807) is 0 Å². The molecule has 18 heavy (non-hydrogen) atoms. The van der Waals surface area contributed by atoms with E-state index >= 15 is 0 Å². The molecule has 1 aliphatic rings. The highest BCUT2D eigenvalue weighted by Crippen LogP contribution is 2.24. The number of halogens is 2. The van der Waals surface area contributed by atoms with Crippen LogP contribution in [0, 0.1) is 5.92 Å². The van der Waals surface area contributed by atoms with Crippen LogP contribution < -0.4 is 5.32 Å². The first kappa shape index (κ1) is 14.7. The fraction of sp³-hybridized carbons (Fsp3) is 0.818. The molecule has 1 aliphatic carbocycles. The lowest BCUT2D eigenvalue weighted by molar-refractivity contribution is -0.142. The van der Waals surface area contributed by atoms with Crippen molar-refractivity contribution in [3.05, 3.63) is 0 Å². The second kappa shape index (κ2) is 6.51. The molecule has 2 amide bonds. The fourth-order valence-corrected chi connectivity index (χ4v) is 2.06. The summed E-state index contributed by atoms with van der Waals surface area (Å²) in [4.78, 5) is 23.2. The summed E-state index contributed by atoms with van der Waals surface area (Å²) in [5.74, 6) is -1.16. The molecule has 1 rings (SSSR count). The maximum Gasteiger partial charge on any atom is 0.317 e. The number of hydrogen-bond donors (Lipinski definition) is 2. The molecule has 0 aromatic carbocycles. The Bertz CT molecular complexity index is 305. The Hall–Kier alpha value is -1.40. The van der Waals surface area contributed by atoms with Crippen LogP contribution >= 0.6 is 0 Å². The highest BCUT2D eigenvalue weighted by molar-refractivity contribution is 5.74. The molecule has 0 unspecified atom stereocenters. The third-order valence-electron chi connectivity index (χ3n) is 3.16. The number of carboxylic acids is 1. The number of alkyl halides is 2. The van der Waals surface area contributed by atoms with Crippen LogP contribution in [0.4, 0.5) is 13.6 Å². The topological polar surface area (TPSA) is 69.6 Å². The van der Waals surface area contributed by atoms with Crippen LogP contribution in [0.3, 0.4) is 0 Å². The Labute approximate surface area is 104 Å². The number of amides is 2. The van der Waals surface area contributed by atoms with Gasteiger partial charge < -0.3 is 15.3 Å². The first-order valence-electron chi connectivity index (χ1n) is 5.92. The fourth-order valence-electron chi connectivity index (χ4n) is 2.06. The largest absolute Gasteiger partial charge is 0.481 e. The van der Waals surface area contributed by atoms with Crippen molar-refractivity contribution in [3.8, 4) is 0 Å². The first-order valence-corrected chi connectivity index (χ1v) is 5.92. The third kappa shape index (κ3) is 4.46. The second-order valence-electron chi connectivity index (χ2n) is 4.61. The van der Waals surface area contributed by atoms with Crippen molar-refractivity contribution < 1.29 is 23.5 Å². The highest BCUT2D eigenvalue weighted by Gasteiger charge is 2.27. The van der Waals surface area contributed by atoms with Crippen LogP contribution in [-0.4, -0.2) is 48.1 Å². The molecule has 5 nitrogen and oxygen atoms in total. The van der Waals surface area contributed by atoms with Gasteiger partial charge in [-0.05, 0) is 25.7 Å². The lowest BCUT2D eigenvalue weighted by Crippen LogP contribution is -2.46. The lowest BCUT2D eigenvalue weighted by Gasteiger charge is -2.28. The monoisotopic (exact) mass is 264 g/mol. The van der Waals surface area contributed by atoms with E-state index in [0.29, 0.717) is 25.7 Å². The average Bonchev–Trinajstić information content (AvgIpc) is 2.28. The molecule has 2 N–H and O–H groups in total. The molecular formula is C11H18F2N2O3. The van der Waals surface area contributed by atoms with E-state index in [-0.39, 0.29) is 12.0 Å². The Morgan fingerprint density at radius 2 is 1.89 bits per heavy atom. The summed E-state index contributed by atoms with van der Waals surface area (Å²) in [6.07, 6.45) is -0.378. The number of nitrogens with zero attached hydrogens (tertiary/aromatic N) is 1. The first-order chi connectivity index (χ1) is 8.40. The molecule has 0 aliphatic heterocycles. The number of rotatable bonds is 4. The van der Waals surface area contributed by atoms with Gasteiger partial charge in [-0.3, -0.25) is 4.79 Å². The molecule has 1 saturated carbocycles. The Balaban J connectivity index is 2.32. The number of hydrogen-bond acceptors (Lipinski definition) is 2. The molecule has 0 spiro atoms. The van der Waals surface area contributed by atoms with E-state index in [1.807, 2.05) is 0 Å². The van der Waals surface area contributed by atoms with Gasteiger partial charge in [-0.15, -0.1) is 0 Å². The van der Waals surface area contributed by atoms with Gasteiger partial charge in [0.05, 0.1) is 12.5 Å². The van der Waals surface area contributed by atoms with Gasteiger partial charge in [-0.2, -0.15) is 0 Å². The van der Waals surface area contributed by atoms with Gasteiger partial charge in [0, 0.05) is 13.1 Å². The summed E-state index contributed by atoms with van der Waals surface area (Å²) in [7, 11) is 1.31. The molecule has 0 saturated heterocycles. The SMILES string of the molecule is CN(CC(F)F)C(=O)NC1CCC(C(=O)O)CC1. The van der Waals surface area contributed by atoms with Gasteiger partial charge in [-0.25, -0.2) is 13.6 Å². The molecule has 0 radical (unpaired) electrons.